The average molecular weight is 513 g/mol. The zero-order valence-corrected chi connectivity index (χ0v) is 23.0. The van der Waals surface area contributed by atoms with E-state index in [1.165, 1.54) is 0 Å². The van der Waals surface area contributed by atoms with Crippen LogP contribution in [-0.4, -0.2) is 22.8 Å². The fourth-order valence-electron chi connectivity index (χ4n) is 5.02. The molecule has 4 N–H and O–H groups in total. The summed E-state index contributed by atoms with van der Waals surface area (Å²) in [6, 6.07) is 20.6. The maximum Gasteiger partial charge on any atom is 0.225 e. The van der Waals surface area contributed by atoms with Gasteiger partial charge in [0, 0.05) is 35.7 Å². The monoisotopic (exact) mass is 512 g/mol. The SMILES string of the molecule is CC(C)C(=O)N[C@H]1CC[C@H](CC(=O)Nc2cc(-c3ccccc3)c(-c3ccc(C(C)(C)N)cc3)cn2)CC1. The van der Waals surface area contributed by atoms with Gasteiger partial charge in [0.2, 0.25) is 11.8 Å². The number of amides is 2. The zero-order valence-electron chi connectivity index (χ0n) is 23.0. The number of carbonyl (C=O) groups excluding carboxylic acids is 2. The summed E-state index contributed by atoms with van der Waals surface area (Å²) in [7, 11) is 0. The molecule has 1 aliphatic carbocycles. The molecule has 0 unspecified atom stereocenters. The molecule has 1 aliphatic rings. The first-order valence-corrected chi connectivity index (χ1v) is 13.7. The van der Waals surface area contributed by atoms with Gasteiger partial charge in [0.25, 0.3) is 0 Å². The number of pyridine rings is 1. The first kappa shape index (κ1) is 27.5. The van der Waals surface area contributed by atoms with Crippen LogP contribution in [0.5, 0.6) is 0 Å². The van der Waals surface area contributed by atoms with Crippen molar-refractivity contribution in [3.8, 4) is 22.3 Å². The molecule has 200 valence electrons. The number of hydrogen-bond donors (Lipinski definition) is 3. The Morgan fingerprint density at radius 2 is 1.58 bits per heavy atom. The number of rotatable bonds is 8. The lowest BCUT2D eigenvalue weighted by molar-refractivity contribution is -0.125. The van der Waals surface area contributed by atoms with Crippen LogP contribution in [0.1, 0.15) is 65.4 Å². The van der Waals surface area contributed by atoms with Crippen molar-refractivity contribution in [2.24, 2.45) is 17.6 Å². The summed E-state index contributed by atoms with van der Waals surface area (Å²) in [6.07, 6.45) is 6.01. The van der Waals surface area contributed by atoms with Crippen LogP contribution in [0, 0.1) is 11.8 Å². The van der Waals surface area contributed by atoms with Gasteiger partial charge in [0.05, 0.1) is 0 Å². The third-order valence-electron chi connectivity index (χ3n) is 7.39. The van der Waals surface area contributed by atoms with E-state index in [1.807, 2.05) is 58.2 Å². The molecular weight excluding hydrogens is 472 g/mol. The Labute approximate surface area is 226 Å². The number of nitrogens with two attached hydrogens (primary N) is 1. The highest BCUT2D eigenvalue weighted by molar-refractivity contribution is 5.92. The Morgan fingerprint density at radius 3 is 2.18 bits per heavy atom. The highest BCUT2D eigenvalue weighted by Gasteiger charge is 2.25. The Balaban J connectivity index is 1.46. The van der Waals surface area contributed by atoms with Crippen molar-refractivity contribution in [3.05, 3.63) is 72.4 Å². The van der Waals surface area contributed by atoms with Gasteiger partial charge in [-0.25, -0.2) is 4.98 Å². The predicted octanol–water partition coefficient (Wildman–Crippen LogP) is 6.27. The first-order valence-electron chi connectivity index (χ1n) is 13.7. The molecule has 1 aromatic heterocycles. The molecule has 0 bridgehead atoms. The normalized spacial score (nSPS) is 17.7. The van der Waals surface area contributed by atoms with E-state index < -0.39 is 5.54 Å². The second-order valence-corrected chi connectivity index (χ2v) is 11.4. The molecule has 3 aromatic rings. The molecule has 0 spiro atoms. The van der Waals surface area contributed by atoms with Gasteiger partial charge in [-0.15, -0.1) is 0 Å². The van der Waals surface area contributed by atoms with Gasteiger partial charge in [-0.05, 0) is 73.8 Å². The van der Waals surface area contributed by atoms with Gasteiger partial charge in [-0.1, -0.05) is 68.4 Å². The summed E-state index contributed by atoms with van der Waals surface area (Å²) in [5, 5.41) is 6.16. The van der Waals surface area contributed by atoms with E-state index in [2.05, 4.69) is 52.0 Å². The van der Waals surface area contributed by atoms with Gasteiger partial charge >= 0.3 is 0 Å². The molecule has 0 saturated heterocycles. The topological polar surface area (TPSA) is 97.1 Å². The van der Waals surface area contributed by atoms with Crippen LogP contribution in [0.2, 0.25) is 0 Å². The molecule has 38 heavy (non-hydrogen) atoms. The van der Waals surface area contributed by atoms with Crippen LogP contribution in [-0.2, 0) is 15.1 Å². The predicted molar refractivity (Wildman–Crippen MR) is 154 cm³/mol. The molecule has 2 aromatic carbocycles. The zero-order chi connectivity index (χ0) is 27.3. The van der Waals surface area contributed by atoms with Gasteiger partial charge in [-0.2, -0.15) is 0 Å². The Bertz CT molecular complexity index is 1240. The summed E-state index contributed by atoms with van der Waals surface area (Å²) in [5.74, 6) is 0.953. The largest absolute Gasteiger partial charge is 0.353 e. The lowest BCUT2D eigenvalue weighted by Gasteiger charge is -2.29. The van der Waals surface area contributed by atoms with Crippen LogP contribution in [0.3, 0.4) is 0 Å². The minimum atomic E-state index is -0.408. The highest BCUT2D eigenvalue weighted by Crippen LogP contribution is 2.34. The van der Waals surface area contributed by atoms with Gasteiger partial charge in [0.1, 0.15) is 5.82 Å². The molecular formula is C32H40N4O2. The average Bonchev–Trinajstić information content (AvgIpc) is 2.90. The van der Waals surface area contributed by atoms with Crippen LogP contribution in [0.25, 0.3) is 22.3 Å². The smallest absolute Gasteiger partial charge is 0.225 e. The molecule has 6 nitrogen and oxygen atoms in total. The van der Waals surface area contributed by atoms with Crippen molar-refractivity contribution in [1.29, 1.82) is 0 Å². The van der Waals surface area contributed by atoms with E-state index in [-0.39, 0.29) is 23.8 Å². The van der Waals surface area contributed by atoms with Crippen molar-refractivity contribution in [1.82, 2.24) is 10.3 Å². The van der Waals surface area contributed by atoms with Crippen LogP contribution in [0.4, 0.5) is 5.82 Å². The quantitative estimate of drug-likeness (QED) is 0.331. The first-order chi connectivity index (χ1) is 18.1. The fraction of sp³-hybridized carbons (Fsp3) is 0.406. The third-order valence-corrected chi connectivity index (χ3v) is 7.39. The summed E-state index contributed by atoms with van der Waals surface area (Å²) >= 11 is 0. The number of hydrogen-bond acceptors (Lipinski definition) is 4. The summed E-state index contributed by atoms with van der Waals surface area (Å²) in [4.78, 5) is 29.5. The van der Waals surface area contributed by atoms with Crippen LogP contribution >= 0.6 is 0 Å². The van der Waals surface area contributed by atoms with E-state index >= 15 is 0 Å². The van der Waals surface area contributed by atoms with Gasteiger partial charge in [-0.3, -0.25) is 9.59 Å². The molecule has 1 fully saturated rings. The molecule has 1 heterocycles. The molecule has 0 aliphatic heterocycles. The minimum Gasteiger partial charge on any atom is -0.353 e. The molecule has 2 amide bonds. The molecule has 6 heteroatoms. The van der Waals surface area contributed by atoms with E-state index in [1.54, 1.807) is 0 Å². The van der Waals surface area contributed by atoms with Crippen molar-refractivity contribution in [2.75, 3.05) is 5.32 Å². The molecule has 0 radical (unpaired) electrons. The van der Waals surface area contributed by atoms with E-state index in [0.717, 1.165) is 53.5 Å². The van der Waals surface area contributed by atoms with Crippen molar-refractivity contribution in [3.63, 3.8) is 0 Å². The van der Waals surface area contributed by atoms with E-state index in [0.29, 0.717) is 18.2 Å². The summed E-state index contributed by atoms with van der Waals surface area (Å²) in [5.41, 5.74) is 11.0. The van der Waals surface area contributed by atoms with Crippen molar-refractivity contribution < 1.29 is 9.59 Å². The molecule has 4 rings (SSSR count). The fourth-order valence-corrected chi connectivity index (χ4v) is 5.02. The van der Waals surface area contributed by atoms with Gasteiger partial charge < -0.3 is 16.4 Å². The van der Waals surface area contributed by atoms with Gasteiger partial charge in [0.15, 0.2) is 0 Å². The van der Waals surface area contributed by atoms with Crippen molar-refractivity contribution >= 4 is 17.6 Å². The highest BCUT2D eigenvalue weighted by atomic mass is 16.2. The summed E-state index contributed by atoms with van der Waals surface area (Å²) in [6.45, 7) is 7.81. The lowest BCUT2D eigenvalue weighted by atomic mass is 9.84. The Hall–Kier alpha value is -3.51. The Kier molecular flexibility index (Phi) is 8.62. The third kappa shape index (κ3) is 7.07. The minimum absolute atomic E-state index is 0.00406. The number of aromatic nitrogens is 1. The number of anilines is 1. The standard InChI is InChI=1S/C32H40N4O2/c1-21(2)31(38)35-26-16-10-22(11-17-26)18-30(37)36-29-19-27(23-8-6-5-7-9-23)28(20-34-29)24-12-14-25(15-13-24)32(3,4)33/h5-9,12-15,19-22,26H,10-11,16-18,33H2,1-4H3,(H,35,38)(H,34,36,37)/t22-,26-. The number of nitrogens with zero attached hydrogens (tertiary/aromatic N) is 1. The molecule has 1 saturated carbocycles. The van der Waals surface area contributed by atoms with Crippen LogP contribution < -0.4 is 16.4 Å². The number of nitrogens with one attached hydrogen (secondary N) is 2. The van der Waals surface area contributed by atoms with Crippen molar-refractivity contribution in [2.45, 2.75) is 71.4 Å². The van der Waals surface area contributed by atoms with Crippen LogP contribution in [0.15, 0.2) is 66.9 Å². The number of benzene rings is 2. The Morgan fingerprint density at radius 1 is 0.947 bits per heavy atom. The number of carbonyl (C=O) groups is 2. The summed E-state index contributed by atoms with van der Waals surface area (Å²) < 4.78 is 0. The van der Waals surface area contributed by atoms with E-state index in [9.17, 15) is 9.59 Å². The lowest BCUT2D eigenvalue weighted by Crippen LogP contribution is -2.40. The second kappa shape index (κ2) is 11.9. The molecule has 0 atom stereocenters. The maximum absolute atomic E-state index is 12.9. The van der Waals surface area contributed by atoms with E-state index in [4.69, 9.17) is 5.73 Å². The maximum atomic E-state index is 12.9. The second-order valence-electron chi connectivity index (χ2n) is 11.4.